The van der Waals surface area contributed by atoms with E-state index in [1.165, 1.54) is 0 Å². The predicted molar refractivity (Wildman–Crippen MR) is 27.1 cm³/mol. The molecule has 6 heavy (non-hydrogen) atoms. The Morgan fingerprint density at radius 2 is 1.50 bits per heavy atom. The van der Waals surface area contributed by atoms with E-state index in [4.69, 9.17) is 15.0 Å². The van der Waals surface area contributed by atoms with Crippen molar-refractivity contribution in [3.63, 3.8) is 0 Å². The topological polar surface area (TPSA) is 57.5 Å². The normalized spacial score (nSPS) is 4.00. The molecule has 0 aliphatic carbocycles. The van der Waals surface area contributed by atoms with Gasteiger partial charge in [0.15, 0.2) is 0 Å². The summed E-state index contributed by atoms with van der Waals surface area (Å²) in [4.78, 5) is 8.56. The summed E-state index contributed by atoms with van der Waals surface area (Å²) in [6.45, 7) is 0. The molecule has 3 nitrogen and oxygen atoms in total. The van der Waals surface area contributed by atoms with Crippen LogP contribution in [0.15, 0.2) is 0 Å². The summed E-state index contributed by atoms with van der Waals surface area (Å²) in [7, 11) is 0. The van der Waals surface area contributed by atoms with Gasteiger partial charge < -0.3 is 10.2 Å². The second-order valence-corrected chi connectivity index (χ2v) is 0.283. The molecule has 0 aliphatic rings. The van der Waals surface area contributed by atoms with E-state index < -0.39 is 6.16 Å². The summed E-state index contributed by atoms with van der Waals surface area (Å²) in [5.74, 6) is 0. The van der Waals surface area contributed by atoms with Gasteiger partial charge in [0.25, 0.3) is 0 Å². The van der Waals surface area contributed by atoms with Crippen LogP contribution < -0.4 is 0 Å². The Balaban J connectivity index is -0.0000000150. The molecule has 0 atom stereocenters. The van der Waals surface area contributed by atoms with Crippen LogP contribution in [0.1, 0.15) is 1.43 Å². The minimum atomic E-state index is -1.83. The fraction of sp³-hybridized carbons (Fsp3) is 0. The van der Waals surface area contributed by atoms with E-state index in [9.17, 15) is 0 Å². The second kappa shape index (κ2) is 10.0. The van der Waals surface area contributed by atoms with Crippen molar-refractivity contribution in [1.29, 1.82) is 0 Å². The van der Waals surface area contributed by atoms with Crippen LogP contribution in [0.25, 0.3) is 0 Å². The van der Waals surface area contributed by atoms with E-state index in [1.807, 2.05) is 0 Å². The molecular formula is CH6KNaO3. The zero-order chi connectivity index (χ0) is 3.58. The van der Waals surface area contributed by atoms with Gasteiger partial charge >= 0.3 is 87.1 Å². The molecule has 0 spiro atoms. The summed E-state index contributed by atoms with van der Waals surface area (Å²) in [5.41, 5.74) is 0. The Labute approximate surface area is 101 Å². The van der Waals surface area contributed by atoms with Crippen molar-refractivity contribution in [3.8, 4) is 0 Å². The van der Waals surface area contributed by atoms with Gasteiger partial charge in [0.1, 0.15) is 0 Å². The van der Waals surface area contributed by atoms with Gasteiger partial charge in [-0.1, -0.05) is 0 Å². The fourth-order valence-corrected chi connectivity index (χ4v) is 0. The third-order valence-electron chi connectivity index (χ3n) is 0. The van der Waals surface area contributed by atoms with Gasteiger partial charge in [0.05, 0.1) is 0 Å². The van der Waals surface area contributed by atoms with E-state index in [1.54, 1.807) is 0 Å². The van der Waals surface area contributed by atoms with Crippen LogP contribution in [0.2, 0.25) is 0 Å². The molecule has 0 fully saturated rings. The number of hydrogen-bond donors (Lipinski definition) is 2. The quantitative estimate of drug-likeness (QED) is 0.419. The Kier molecular flexibility index (Phi) is 26.1. The molecule has 0 unspecified atom stereocenters. The zero-order valence-electron chi connectivity index (χ0n) is 1.80. The first-order valence-corrected chi connectivity index (χ1v) is 0.651. The van der Waals surface area contributed by atoms with Crippen molar-refractivity contribution in [3.05, 3.63) is 0 Å². The molecule has 5 heteroatoms. The number of carbonyl (C=O) groups is 1. The van der Waals surface area contributed by atoms with E-state index in [0.717, 1.165) is 0 Å². The van der Waals surface area contributed by atoms with Gasteiger partial charge in [-0.2, -0.15) is 0 Å². The van der Waals surface area contributed by atoms with Gasteiger partial charge in [-0.05, 0) is 0 Å². The maximum absolute atomic E-state index is 8.56. The first kappa shape index (κ1) is 15.7. The summed E-state index contributed by atoms with van der Waals surface area (Å²) < 4.78 is 0. The average Bonchev–Trinajstić information content (AvgIpc) is 0.811. The van der Waals surface area contributed by atoms with Crippen LogP contribution in [-0.2, 0) is 0 Å². The van der Waals surface area contributed by atoms with Gasteiger partial charge in [-0.3, -0.25) is 0 Å². The van der Waals surface area contributed by atoms with E-state index in [0.29, 0.717) is 0 Å². The van der Waals surface area contributed by atoms with Crippen molar-refractivity contribution in [2.75, 3.05) is 0 Å². The van der Waals surface area contributed by atoms with Crippen LogP contribution in [0.5, 0.6) is 0 Å². The molecule has 0 radical (unpaired) electrons. The third-order valence-corrected chi connectivity index (χ3v) is 0. The van der Waals surface area contributed by atoms with Crippen molar-refractivity contribution < 1.29 is 16.4 Å². The number of carboxylic acid groups (broad SMARTS) is 2. The summed E-state index contributed by atoms with van der Waals surface area (Å²) >= 11 is 0. The Morgan fingerprint density at radius 3 is 1.50 bits per heavy atom. The van der Waals surface area contributed by atoms with Crippen LogP contribution in [0, 0.1) is 0 Å². The monoisotopic (exact) mass is 128 g/mol. The number of rotatable bonds is 0. The molecule has 0 aromatic rings. The van der Waals surface area contributed by atoms with Crippen LogP contribution in [-0.4, -0.2) is 97.3 Å². The predicted octanol–water partition coefficient (Wildman–Crippen LogP) is -0.829. The van der Waals surface area contributed by atoms with Crippen molar-refractivity contribution in [2.24, 2.45) is 0 Å². The molecule has 0 aromatic carbocycles. The summed E-state index contributed by atoms with van der Waals surface area (Å²) in [6, 6.07) is 0. The molecule has 0 saturated carbocycles. The minimum absolute atomic E-state index is 0. The van der Waals surface area contributed by atoms with Crippen molar-refractivity contribution >= 4 is 87.1 Å². The first-order valence-electron chi connectivity index (χ1n) is 0.651. The molecule has 0 aromatic heterocycles. The van der Waals surface area contributed by atoms with E-state index in [2.05, 4.69) is 0 Å². The summed E-state index contributed by atoms with van der Waals surface area (Å²) in [6.07, 6.45) is -1.83. The van der Waals surface area contributed by atoms with E-state index in [-0.39, 0.29) is 82.4 Å². The molecule has 0 saturated heterocycles. The first-order chi connectivity index (χ1) is 1.73. The third kappa shape index (κ3) is 39.1. The Morgan fingerprint density at radius 1 is 1.50 bits per heavy atom. The molecular weight excluding hydrogens is 122 g/mol. The molecule has 30 valence electrons. The standard InChI is InChI=1S/CH2O3.K.Na.H2.2H/c2-1(3)4;;;;;/h(H2,2,3,4);;;1H;;. The molecule has 2 N–H and O–H groups in total. The Hall–Kier alpha value is 1.91. The van der Waals surface area contributed by atoms with Gasteiger partial charge in [-0.25, -0.2) is 4.79 Å². The van der Waals surface area contributed by atoms with Crippen LogP contribution >= 0.6 is 0 Å². The van der Waals surface area contributed by atoms with Gasteiger partial charge in [-0.15, -0.1) is 0 Å². The Bertz CT molecular complexity index is 37.9. The van der Waals surface area contributed by atoms with Gasteiger partial charge in [0, 0.05) is 1.43 Å². The molecule has 0 aliphatic heterocycles. The zero-order valence-corrected chi connectivity index (χ0v) is 1.80. The maximum atomic E-state index is 8.56. The van der Waals surface area contributed by atoms with Crippen molar-refractivity contribution in [1.82, 2.24) is 0 Å². The fourth-order valence-electron chi connectivity index (χ4n) is 0. The van der Waals surface area contributed by atoms with Gasteiger partial charge in [0.2, 0.25) is 0 Å². The number of hydrogen-bond acceptors (Lipinski definition) is 1. The van der Waals surface area contributed by atoms with E-state index >= 15 is 0 Å². The second-order valence-electron chi connectivity index (χ2n) is 0.283. The average molecular weight is 128 g/mol. The van der Waals surface area contributed by atoms with Crippen LogP contribution in [0.4, 0.5) is 4.79 Å². The van der Waals surface area contributed by atoms with Crippen LogP contribution in [0.3, 0.4) is 0 Å². The molecule has 0 heterocycles. The summed E-state index contributed by atoms with van der Waals surface area (Å²) in [5, 5.41) is 13.9. The molecule has 0 rings (SSSR count). The molecule has 0 amide bonds. The van der Waals surface area contributed by atoms with Crippen molar-refractivity contribution in [2.45, 2.75) is 0 Å². The SMILES string of the molecule is O=C(O)O.[HH].[KH].[NaH]. The molecule has 0 bridgehead atoms.